The van der Waals surface area contributed by atoms with Crippen LogP contribution >= 0.6 is 0 Å². The molecule has 1 fully saturated rings. The average Bonchev–Trinajstić information content (AvgIpc) is 3.22. The summed E-state index contributed by atoms with van der Waals surface area (Å²) < 4.78 is 13.4. The molecule has 2 aliphatic rings. The molecule has 2 aliphatic heterocycles. The number of hydrogen-bond donors (Lipinski definition) is 0. The normalized spacial score (nSPS) is 19.1. The number of para-hydroxylation sites is 2. The molecule has 0 aliphatic carbocycles. The number of nitrogens with zero attached hydrogens (tertiary/aromatic N) is 5. The van der Waals surface area contributed by atoms with Crippen LogP contribution in [0, 0.1) is 0 Å². The Balaban J connectivity index is 1.34. The van der Waals surface area contributed by atoms with Crippen LogP contribution in [0.1, 0.15) is 30.4 Å². The Hall–Kier alpha value is -2.41. The summed E-state index contributed by atoms with van der Waals surface area (Å²) in [4.78, 5) is 11.6. The zero-order valence-corrected chi connectivity index (χ0v) is 14.1. The fourth-order valence-electron chi connectivity index (χ4n) is 3.64. The minimum atomic E-state index is 0.446. The van der Waals surface area contributed by atoms with Crippen LogP contribution in [0.4, 0.5) is 6.01 Å². The first-order chi connectivity index (χ1) is 12.4. The Bertz CT molecular complexity index is 822. The first-order valence-electron chi connectivity index (χ1n) is 8.99. The number of ether oxygens (including phenoxy) is 1. The van der Waals surface area contributed by atoms with E-state index in [1.807, 2.05) is 24.3 Å². The van der Waals surface area contributed by atoms with Crippen LogP contribution in [-0.4, -0.2) is 46.1 Å². The van der Waals surface area contributed by atoms with E-state index in [0.29, 0.717) is 11.9 Å². The van der Waals surface area contributed by atoms with E-state index in [1.54, 1.807) is 0 Å². The standard InChI is InChI=1S/C18H21N5O2/c1-2-4-15-14(3-1)19-18(25-15)22-8-5-16-20-17(21-23(16)10-9-22)13-6-11-24-12-7-13/h1-4,13H,5-12H2. The van der Waals surface area contributed by atoms with Crippen molar-refractivity contribution >= 4 is 17.1 Å². The van der Waals surface area contributed by atoms with E-state index < -0.39 is 0 Å². The molecule has 7 heteroatoms. The van der Waals surface area contributed by atoms with E-state index in [0.717, 1.165) is 74.9 Å². The van der Waals surface area contributed by atoms with Crippen molar-refractivity contribution in [1.29, 1.82) is 0 Å². The molecule has 0 spiro atoms. The van der Waals surface area contributed by atoms with E-state index in [2.05, 4.69) is 14.6 Å². The van der Waals surface area contributed by atoms with Crippen molar-refractivity contribution in [3.8, 4) is 0 Å². The molecule has 4 heterocycles. The molecule has 130 valence electrons. The van der Waals surface area contributed by atoms with Gasteiger partial charge in [-0.15, -0.1) is 0 Å². The van der Waals surface area contributed by atoms with Gasteiger partial charge in [-0.3, -0.25) is 0 Å². The molecule has 0 bridgehead atoms. The molecule has 0 saturated carbocycles. The van der Waals surface area contributed by atoms with Crippen LogP contribution in [-0.2, 0) is 17.7 Å². The second-order valence-corrected chi connectivity index (χ2v) is 6.70. The molecule has 1 aromatic carbocycles. The lowest BCUT2D eigenvalue weighted by Crippen LogP contribution is -2.27. The van der Waals surface area contributed by atoms with Gasteiger partial charge >= 0.3 is 0 Å². The summed E-state index contributed by atoms with van der Waals surface area (Å²) >= 11 is 0. The Kier molecular flexibility index (Phi) is 3.66. The van der Waals surface area contributed by atoms with Gasteiger partial charge in [-0.25, -0.2) is 9.67 Å². The van der Waals surface area contributed by atoms with Gasteiger partial charge in [0.25, 0.3) is 6.01 Å². The lowest BCUT2D eigenvalue weighted by molar-refractivity contribution is 0.0835. The third kappa shape index (κ3) is 2.78. The number of anilines is 1. The van der Waals surface area contributed by atoms with Gasteiger partial charge in [0.05, 0.1) is 6.54 Å². The monoisotopic (exact) mass is 339 g/mol. The van der Waals surface area contributed by atoms with Crippen LogP contribution in [0.3, 0.4) is 0 Å². The molecule has 3 aromatic rings. The highest BCUT2D eigenvalue weighted by atomic mass is 16.5. The fourth-order valence-corrected chi connectivity index (χ4v) is 3.64. The summed E-state index contributed by atoms with van der Waals surface area (Å²) in [6.07, 6.45) is 2.91. The first-order valence-corrected chi connectivity index (χ1v) is 8.99. The van der Waals surface area contributed by atoms with Gasteiger partial charge in [0, 0.05) is 38.6 Å². The third-order valence-corrected chi connectivity index (χ3v) is 5.09. The van der Waals surface area contributed by atoms with E-state index in [9.17, 15) is 0 Å². The summed E-state index contributed by atoms with van der Waals surface area (Å²) in [5.41, 5.74) is 1.74. The molecular formula is C18H21N5O2. The van der Waals surface area contributed by atoms with Crippen molar-refractivity contribution in [2.75, 3.05) is 31.2 Å². The quantitative estimate of drug-likeness (QED) is 0.714. The zero-order chi connectivity index (χ0) is 16.6. The molecule has 5 rings (SSSR count). The van der Waals surface area contributed by atoms with Crippen LogP contribution < -0.4 is 4.90 Å². The van der Waals surface area contributed by atoms with Crippen molar-refractivity contribution in [2.45, 2.75) is 31.7 Å². The number of oxazole rings is 1. The van der Waals surface area contributed by atoms with E-state index in [4.69, 9.17) is 19.2 Å². The van der Waals surface area contributed by atoms with Crippen LogP contribution in [0.2, 0.25) is 0 Å². The minimum absolute atomic E-state index is 0.446. The Labute approximate surface area is 145 Å². The molecule has 0 unspecified atom stereocenters. The average molecular weight is 339 g/mol. The summed E-state index contributed by atoms with van der Waals surface area (Å²) in [5.74, 6) is 2.51. The van der Waals surface area contributed by atoms with Crippen molar-refractivity contribution in [1.82, 2.24) is 19.7 Å². The van der Waals surface area contributed by atoms with Gasteiger partial charge in [0.1, 0.15) is 11.3 Å². The number of fused-ring (bicyclic) bond motifs is 2. The number of rotatable bonds is 2. The smallest absolute Gasteiger partial charge is 0.298 e. The van der Waals surface area contributed by atoms with Gasteiger partial charge in [-0.2, -0.15) is 10.1 Å². The second kappa shape index (κ2) is 6.15. The summed E-state index contributed by atoms with van der Waals surface area (Å²) in [7, 11) is 0. The maximum atomic E-state index is 5.91. The lowest BCUT2D eigenvalue weighted by atomic mass is 10.00. The molecule has 0 radical (unpaired) electrons. The van der Waals surface area contributed by atoms with Crippen LogP contribution in [0.15, 0.2) is 28.7 Å². The van der Waals surface area contributed by atoms with Crippen molar-refractivity contribution in [3.63, 3.8) is 0 Å². The van der Waals surface area contributed by atoms with Gasteiger partial charge in [0.15, 0.2) is 11.4 Å². The van der Waals surface area contributed by atoms with Crippen molar-refractivity contribution < 1.29 is 9.15 Å². The van der Waals surface area contributed by atoms with E-state index >= 15 is 0 Å². The highest BCUT2D eigenvalue weighted by molar-refractivity contribution is 5.74. The molecule has 0 amide bonds. The second-order valence-electron chi connectivity index (χ2n) is 6.70. The zero-order valence-electron chi connectivity index (χ0n) is 14.1. The molecular weight excluding hydrogens is 318 g/mol. The topological polar surface area (TPSA) is 69.2 Å². The van der Waals surface area contributed by atoms with Crippen molar-refractivity contribution in [2.24, 2.45) is 0 Å². The minimum Gasteiger partial charge on any atom is -0.423 e. The van der Waals surface area contributed by atoms with Crippen molar-refractivity contribution in [3.05, 3.63) is 35.9 Å². The molecule has 2 aromatic heterocycles. The highest BCUT2D eigenvalue weighted by Crippen LogP contribution is 2.26. The maximum absolute atomic E-state index is 5.91. The predicted octanol–water partition coefficient (Wildman–Crippen LogP) is 2.38. The summed E-state index contributed by atoms with van der Waals surface area (Å²) in [5, 5.41) is 4.78. The van der Waals surface area contributed by atoms with Crippen LogP contribution in [0.25, 0.3) is 11.1 Å². The predicted molar refractivity (Wildman–Crippen MR) is 92.7 cm³/mol. The largest absolute Gasteiger partial charge is 0.423 e. The third-order valence-electron chi connectivity index (χ3n) is 5.09. The summed E-state index contributed by atoms with van der Waals surface area (Å²) in [6.45, 7) is 4.12. The molecule has 25 heavy (non-hydrogen) atoms. The Morgan fingerprint density at radius 2 is 1.88 bits per heavy atom. The first kappa shape index (κ1) is 14.9. The molecule has 7 nitrogen and oxygen atoms in total. The molecule has 1 saturated heterocycles. The van der Waals surface area contributed by atoms with Crippen LogP contribution in [0.5, 0.6) is 0 Å². The fraction of sp³-hybridized carbons (Fsp3) is 0.500. The van der Waals surface area contributed by atoms with Gasteiger partial charge in [0.2, 0.25) is 0 Å². The van der Waals surface area contributed by atoms with Gasteiger partial charge < -0.3 is 14.1 Å². The Morgan fingerprint density at radius 3 is 2.76 bits per heavy atom. The molecule has 0 N–H and O–H groups in total. The number of aromatic nitrogens is 4. The maximum Gasteiger partial charge on any atom is 0.298 e. The van der Waals surface area contributed by atoms with E-state index in [-0.39, 0.29) is 0 Å². The van der Waals surface area contributed by atoms with Gasteiger partial charge in [-0.05, 0) is 25.0 Å². The summed E-state index contributed by atoms with van der Waals surface area (Å²) in [6, 6.07) is 8.58. The van der Waals surface area contributed by atoms with E-state index in [1.165, 1.54) is 0 Å². The lowest BCUT2D eigenvalue weighted by Gasteiger charge is -2.19. The SMILES string of the molecule is c1ccc2oc(N3CCc4nc(C5CCOCC5)nn4CC3)nc2c1. The highest BCUT2D eigenvalue weighted by Gasteiger charge is 2.25. The molecule has 0 atom stereocenters. The Morgan fingerprint density at radius 1 is 1.00 bits per heavy atom. The number of benzene rings is 1. The number of hydrogen-bond acceptors (Lipinski definition) is 6. The van der Waals surface area contributed by atoms with Gasteiger partial charge in [-0.1, -0.05) is 12.1 Å².